The number of anilines is 6. The first-order chi connectivity index (χ1) is 30.4. The zero-order valence-electron chi connectivity index (χ0n) is 32.8. The van der Waals surface area contributed by atoms with Gasteiger partial charge in [0.1, 0.15) is 26.4 Å². The molecule has 6 aliphatic rings. The van der Waals surface area contributed by atoms with Crippen LogP contribution < -0.4 is 42.6 Å². The van der Waals surface area contributed by atoms with E-state index in [0.717, 1.165) is 89.2 Å². The van der Waals surface area contributed by atoms with E-state index in [1.54, 1.807) is 0 Å². The normalized spacial score (nSPS) is 16.0. The number of hydrogen-bond donors (Lipinski definition) is 0. The van der Waals surface area contributed by atoms with Crippen molar-refractivity contribution in [3.8, 4) is 0 Å². The van der Waals surface area contributed by atoms with Gasteiger partial charge in [-0.25, -0.2) is 19.2 Å². The highest BCUT2D eigenvalue weighted by atomic mass is 16.5. The summed E-state index contributed by atoms with van der Waals surface area (Å²) >= 11 is 0. The molecular weight excluding hydrogens is 778 g/mol. The minimum absolute atomic E-state index is 0.191. The molecule has 0 spiro atoms. The molecule has 294 valence electrons. The molecule has 6 aliphatic heterocycles. The molecule has 0 saturated heterocycles. The van der Waals surface area contributed by atoms with Crippen molar-refractivity contribution < 1.29 is 38.1 Å². The van der Waals surface area contributed by atoms with Crippen LogP contribution in [0.2, 0.25) is 0 Å². The van der Waals surface area contributed by atoms with Gasteiger partial charge in [0.05, 0.1) is 22.3 Å². The molecule has 7 aromatic carbocycles. The molecule has 0 atom stereocenters. The molecule has 62 heavy (non-hydrogen) atoms. The van der Waals surface area contributed by atoms with Gasteiger partial charge in [0.25, 0.3) is 0 Å². The topological polar surface area (TPSA) is 112 Å². The second-order valence-corrected chi connectivity index (χ2v) is 16.5. The number of carbonyl (C=O) groups excluding carboxylic acids is 4. The Kier molecular flexibility index (Phi) is 7.23. The van der Waals surface area contributed by atoms with Crippen LogP contribution in [0.3, 0.4) is 0 Å². The molecule has 0 unspecified atom stereocenters. The standard InChI is InChI=1S/C50H30B2N2O8/c55-47-35-19-39-43(15-27(35)23-59-47)53(33-7-3-1-4-8-33)44-16-28-24-60-48(56)36(28)20-40(44)51(39)31-11-13-32(14-12-31)52-41-21-37-29(25-61-49(37)57)17-45(41)54(34-9-5-2-6-10-34)46-18-30-26-62-50(58)38(30)22-42(46)52/h1-22H,23-26H2. The lowest BCUT2D eigenvalue weighted by molar-refractivity contribution is 0.0526. The minimum atomic E-state index is -0.387. The molecule has 13 rings (SSSR count). The second kappa shape index (κ2) is 12.8. The lowest BCUT2D eigenvalue weighted by Gasteiger charge is -2.38. The van der Waals surface area contributed by atoms with Gasteiger partial charge >= 0.3 is 23.9 Å². The smallest absolute Gasteiger partial charge is 0.338 e. The van der Waals surface area contributed by atoms with Crippen molar-refractivity contribution in [2.24, 2.45) is 0 Å². The molecule has 0 N–H and O–H groups in total. The highest BCUT2D eigenvalue weighted by molar-refractivity contribution is 6.99. The van der Waals surface area contributed by atoms with Gasteiger partial charge in [0.2, 0.25) is 13.4 Å². The van der Waals surface area contributed by atoms with Crippen LogP contribution in [0.1, 0.15) is 63.7 Å². The molecule has 0 radical (unpaired) electrons. The molecule has 6 heterocycles. The summed E-state index contributed by atoms with van der Waals surface area (Å²) in [5, 5.41) is 0. The van der Waals surface area contributed by atoms with Crippen molar-refractivity contribution in [3.63, 3.8) is 0 Å². The van der Waals surface area contributed by atoms with E-state index in [2.05, 4.69) is 82.6 Å². The van der Waals surface area contributed by atoms with E-state index in [9.17, 15) is 19.2 Å². The average molecular weight is 808 g/mol. The third kappa shape index (κ3) is 4.94. The molecule has 0 aromatic heterocycles. The Morgan fingerprint density at radius 3 is 0.903 bits per heavy atom. The van der Waals surface area contributed by atoms with Crippen LogP contribution in [0.4, 0.5) is 34.1 Å². The Hall–Kier alpha value is -7.85. The number of fused-ring (bicyclic) bond motifs is 8. The number of carbonyl (C=O) groups is 4. The fourth-order valence-corrected chi connectivity index (χ4v) is 10.3. The first-order valence-corrected chi connectivity index (χ1v) is 20.5. The fraction of sp³-hybridized carbons (Fsp3) is 0.0800. The minimum Gasteiger partial charge on any atom is -0.457 e. The zero-order chi connectivity index (χ0) is 41.4. The van der Waals surface area contributed by atoms with Gasteiger partial charge in [0, 0.05) is 56.4 Å². The largest absolute Gasteiger partial charge is 0.457 e. The van der Waals surface area contributed by atoms with Gasteiger partial charge < -0.3 is 28.7 Å². The Morgan fingerprint density at radius 1 is 0.355 bits per heavy atom. The first-order valence-electron chi connectivity index (χ1n) is 20.5. The van der Waals surface area contributed by atoms with Crippen LogP contribution in [-0.4, -0.2) is 37.3 Å². The van der Waals surface area contributed by atoms with E-state index in [-0.39, 0.29) is 63.7 Å². The summed E-state index contributed by atoms with van der Waals surface area (Å²) in [7, 11) is 0. The van der Waals surface area contributed by atoms with Crippen LogP contribution in [-0.2, 0) is 45.4 Å². The summed E-state index contributed by atoms with van der Waals surface area (Å²) in [5.41, 5.74) is 16.4. The number of rotatable bonds is 4. The van der Waals surface area contributed by atoms with E-state index in [0.29, 0.717) is 22.3 Å². The fourth-order valence-electron chi connectivity index (χ4n) is 10.3. The quantitative estimate of drug-likeness (QED) is 0.137. The first kappa shape index (κ1) is 35.0. The number of cyclic esters (lactones) is 4. The lowest BCUT2D eigenvalue weighted by Crippen LogP contribution is -2.59. The maximum Gasteiger partial charge on any atom is 0.338 e. The van der Waals surface area contributed by atoms with Gasteiger partial charge in [-0.15, -0.1) is 0 Å². The highest BCUT2D eigenvalue weighted by Gasteiger charge is 2.43. The van der Waals surface area contributed by atoms with Gasteiger partial charge in [-0.1, -0.05) is 71.6 Å². The number of benzene rings is 7. The summed E-state index contributed by atoms with van der Waals surface area (Å²) in [6.45, 7) is -0.00931. The van der Waals surface area contributed by atoms with E-state index in [1.807, 2.05) is 60.7 Å². The summed E-state index contributed by atoms with van der Waals surface area (Å²) in [4.78, 5) is 57.0. The molecule has 7 aromatic rings. The molecular formula is C50H30B2N2O8. The zero-order valence-corrected chi connectivity index (χ0v) is 32.8. The SMILES string of the molecule is O=C1OCc2cc3c(cc21)B(c1ccc(B2c4cc5c(cc4N(c4ccccc4)c4cc6c(cc42)C(=O)OC6)COC5=O)cc1)c1cc2c(cc1N3c1ccccc1)COC2=O. The molecule has 0 amide bonds. The van der Waals surface area contributed by atoms with Crippen molar-refractivity contribution >= 4 is 104 Å². The molecule has 10 nitrogen and oxygen atoms in total. The Morgan fingerprint density at radius 2 is 0.629 bits per heavy atom. The molecule has 0 aliphatic carbocycles. The summed E-state index contributed by atoms with van der Waals surface area (Å²) < 4.78 is 22.2. The Balaban J connectivity index is 1.02. The van der Waals surface area contributed by atoms with Crippen molar-refractivity contribution in [2.75, 3.05) is 9.80 Å². The Bertz CT molecular complexity index is 2830. The van der Waals surface area contributed by atoms with Crippen LogP contribution >= 0.6 is 0 Å². The van der Waals surface area contributed by atoms with Crippen molar-refractivity contribution in [2.45, 2.75) is 26.4 Å². The lowest BCUT2D eigenvalue weighted by atomic mass is 9.33. The molecule has 0 bridgehead atoms. The van der Waals surface area contributed by atoms with Crippen LogP contribution in [0, 0.1) is 0 Å². The predicted octanol–water partition coefficient (Wildman–Crippen LogP) is 4.97. The van der Waals surface area contributed by atoms with E-state index < -0.39 is 0 Å². The molecule has 0 saturated carbocycles. The van der Waals surface area contributed by atoms with Crippen LogP contribution in [0.15, 0.2) is 133 Å². The number of para-hydroxylation sites is 2. The number of nitrogens with zero attached hydrogens (tertiary/aromatic N) is 2. The maximum absolute atomic E-state index is 13.1. The highest BCUT2D eigenvalue weighted by Crippen LogP contribution is 2.42. The van der Waals surface area contributed by atoms with Crippen molar-refractivity contribution in [1.29, 1.82) is 0 Å². The second-order valence-electron chi connectivity index (χ2n) is 16.5. The summed E-state index contributed by atoms with van der Waals surface area (Å²) in [5.74, 6) is -1.46. The molecule has 0 fully saturated rings. The van der Waals surface area contributed by atoms with Gasteiger partial charge in [0.15, 0.2) is 0 Å². The van der Waals surface area contributed by atoms with Crippen molar-refractivity contribution in [1.82, 2.24) is 0 Å². The van der Waals surface area contributed by atoms with Gasteiger partial charge in [-0.2, -0.15) is 0 Å². The predicted molar refractivity (Wildman–Crippen MR) is 234 cm³/mol. The van der Waals surface area contributed by atoms with E-state index in [4.69, 9.17) is 18.9 Å². The average Bonchev–Trinajstić information content (AvgIpc) is 4.07. The maximum atomic E-state index is 13.1. The van der Waals surface area contributed by atoms with Crippen LogP contribution in [0.25, 0.3) is 0 Å². The van der Waals surface area contributed by atoms with E-state index in [1.165, 1.54) is 0 Å². The third-order valence-electron chi connectivity index (χ3n) is 13.2. The Labute approximate surface area is 355 Å². The molecule has 12 heteroatoms. The number of ether oxygens (including phenoxy) is 4. The number of esters is 4. The van der Waals surface area contributed by atoms with Gasteiger partial charge in [-0.3, -0.25) is 0 Å². The van der Waals surface area contributed by atoms with Crippen LogP contribution in [0.5, 0.6) is 0 Å². The van der Waals surface area contributed by atoms with E-state index >= 15 is 0 Å². The monoisotopic (exact) mass is 808 g/mol. The number of hydrogen-bond acceptors (Lipinski definition) is 10. The van der Waals surface area contributed by atoms with Crippen molar-refractivity contribution in [3.05, 3.63) is 178 Å². The summed E-state index contributed by atoms with van der Waals surface area (Å²) in [6, 6.07) is 44.6. The third-order valence-corrected chi connectivity index (χ3v) is 13.2. The van der Waals surface area contributed by atoms with Gasteiger partial charge in [-0.05, 0) is 94.6 Å². The summed E-state index contributed by atoms with van der Waals surface area (Å²) in [6.07, 6.45) is 0.